The Labute approximate surface area is 182 Å². The molecule has 2 N–H and O–H groups in total. The van der Waals surface area contributed by atoms with Crippen LogP contribution < -0.4 is 11.0 Å². The summed E-state index contributed by atoms with van der Waals surface area (Å²) in [7, 11) is 1.50. The van der Waals surface area contributed by atoms with E-state index in [1.54, 1.807) is 0 Å². The standard InChI is InChI=1S/C23H31N5O3/c1-15-6-3-4-8-19(15)17-7-5-13-28(14-17)22(30)16-9-11-18(12-10-16)24-21(29)20-25-23(31)27(2)26-20/h3-4,6,8,16-18H,5,7,9-14H2,1-2H3,(H,24,29)(H,25,26,31). The monoisotopic (exact) mass is 425 g/mol. The van der Waals surface area contributed by atoms with Gasteiger partial charge in [-0.2, -0.15) is 0 Å². The molecule has 8 heteroatoms. The van der Waals surface area contributed by atoms with E-state index in [4.69, 9.17) is 0 Å². The smallest absolute Gasteiger partial charge is 0.343 e. The Kier molecular flexibility index (Phi) is 6.25. The van der Waals surface area contributed by atoms with Gasteiger partial charge in [0.2, 0.25) is 11.7 Å². The van der Waals surface area contributed by atoms with Crippen LogP contribution in [0.4, 0.5) is 0 Å². The molecule has 1 unspecified atom stereocenters. The predicted octanol–water partition coefficient (Wildman–Crippen LogP) is 2.11. The second-order valence-electron chi connectivity index (χ2n) is 8.90. The molecule has 2 heterocycles. The van der Waals surface area contributed by atoms with Crippen LogP contribution in [-0.2, 0) is 11.8 Å². The minimum Gasteiger partial charge on any atom is -0.347 e. The molecule has 2 aromatic rings. The first kappa shape index (κ1) is 21.3. The van der Waals surface area contributed by atoms with Crippen LogP contribution in [-0.4, -0.2) is 50.6 Å². The number of aryl methyl sites for hydroxylation is 2. The van der Waals surface area contributed by atoms with Gasteiger partial charge in [-0.1, -0.05) is 24.3 Å². The number of H-pyrrole nitrogens is 1. The highest BCUT2D eigenvalue weighted by Crippen LogP contribution is 2.32. The maximum absolute atomic E-state index is 13.2. The molecule has 2 amide bonds. The van der Waals surface area contributed by atoms with Gasteiger partial charge in [0.1, 0.15) is 0 Å². The van der Waals surface area contributed by atoms with E-state index in [9.17, 15) is 14.4 Å². The lowest BCUT2D eigenvalue weighted by atomic mass is 9.83. The maximum Gasteiger partial charge on any atom is 0.343 e. The number of hydrogen-bond donors (Lipinski definition) is 2. The van der Waals surface area contributed by atoms with Crippen LogP contribution in [0, 0.1) is 12.8 Å². The van der Waals surface area contributed by atoms with Crippen LogP contribution in [0.25, 0.3) is 0 Å². The summed E-state index contributed by atoms with van der Waals surface area (Å²) in [5.74, 6) is 0.358. The Balaban J connectivity index is 1.30. The number of aromatic amines is 1. The van der Waals surface area contributed by atoms with Crippen molar-refractivity contribution in [3.05, 3.63) is 51.7 Å². The number of nitrogens with zero attached hydrogens (tertiary/aromatic N) is 3. The highest BCUT2D eigenvalue weighted by Gasteiger charge is 2.33. The normalized spacial score (nSPS) is 24.1. The van der Waals surface area contributed by atoms with Gasteiger partial charge in [0.15, 0.2) is 0 Å². The van der Waals surface area contributed by atoms with Crippen LogP contribution in [0.1, 0.15) is 66.2 Å². The average Bonchev–Trinajstić information content (AvgIpc) is 3.13. The summed E-state index contributed by atoms with van der Waals surface area (Å²) < 4.78 is 1.10. The molecule has 2 aliphatic rings. The minimum atomic E-state index is -0.412. The zero-order chi connectivity index (χ0) is 22.0. The summed E-state index contributed by atoms with van der Waals surface area (Å²) in [6.07, 6.45) is 5.23. The van der Waals surface area contributed by atoms with E-state index in [2.05, 4.69) is 51.5 Å². The van der Waals surface area contributed by atoms with E-state index in [0.29, 0.717) is 5.92 Å². The van der Waals surface area contributed by atoms with E-state index in [-0.39, 0.29) is 29.6 Å². The number of carbonyl (C=O) groups excluding carboxylic acids is 2. The number of piperidine rings is 1. The van der Waals surface area contributed by atoms with Gasteiger partial charge in [-0.05, 0) is 56.6 Å². The molecule has 0 radical (unpaired) electrons. The lowest BCUT2D eigenvalue weighted by molar-refractivity contribution is -0.137. The maximum atomic E-state index is 13.2. The molecule has 0 spiro atoms. The SMILES string of the molecule is Cc1ccccc1C1CCCN(C(=O)C2CCC(NC(=O)c3nn(C)c(=O)[nH]3)CC2)C1. The zero-order valence-corrected chi connectivity index (χ0v) is 18.3. The Bertz CT molecular complexity index is 1000. The van der Waals surface area contributed by atoms with Gasteiger partial charge in [-0.25, -0.2) is 9.48 Å². The second-order valence-corrected chi connectivity index (χ2v) is 8.90. The fourth-order valence-electron chi connectivity index (χ4n) is 4.98. The van der Waals surface area contributed by atoms with Crippen molar-refractivity contribution >= 4 is 11.8 Å². The van der Waals surface area contributed by atoms with E-state index in [1.807, 2.05) is 0 Å². The van der Waals surface area contributed by atoms with E-state index in [0.717, 1.165) is 56.3 Å². The lowest BCUT2D eigenvalue weighted by Gasteiger charge is -2.37. The number of amides is 2. The third-order valence-corrected chi connectivity index (χ3v) is 6.76. The molecule has 1 aliphatic heterocycles. The van der Waals surface area contributed by atoms with Gasteiger partial charge in [0, 0.05) is 38.0 Å². The fraction of sp³-hybridized carbons (Fsp3) is 0.565. The Morgan fingerprint density at radius 1 is 1.13 bits per heavy atom. The molecular weight excluding hydrogens is 394 g/mol. The largest absolute Gasteiger partial charge is 0.347 e. The van der Waals surface area contributed by atoms with Crippen molar-refractivity contribution in [2.24, 2.45) is 13.0 Å². The third kappa shape index (κ3) is 4.73. The van der Waals surface area contributed by atoms with Gasteiger partial charge >= 0.3 is 5.69 Å². The molecule has 1 saturated heterocycles. The molecule has 31 heavy (non-hydrogen) atoms. The summed E-state index contributed by atoms with van der Waals surface area (Å²) in [5, 5.41) is 6.83. The van der Waals surface area contributed by atoms with Crippen molar-refractivity contribution in [1.82, 2.24) is 25.0 Å². The number of rotatable bonds is 4. The first-order valence-electron chi connectivity index (χ1n) is 11.2. The van der Waals surface area contributed by atoms with Gasteiger partial charge in [0.05, 0.1) is 0 Å². The molecule has 166 valence electrons. The molecule has 1 atom stereocenters. The van der Waals surface area contributed by atoms with Crippen molar-refractivity contribution < 1.29 is 9.59 Å². The van der Waals surface area contributed by atoms with E-state index < -0.39 is 5.69 Å². The van der Waals surface area contributed by atoms with Crippen molar-refractivity contribution in [2.75, 3.05) is 13.1 Å². The van der Waals surface area contributed by atoms with Crippen LogP contribution in [0.5, 0.6) is 0 Å². The van der Waals surface area contributed by atoms with Gasteiger partial charge < -0.3 is 10.2 Å². The van der Waals surface area contributed by atoms with Crippen molar-refractivity contribution in [1.29, 1.82) is 0 Å². The summed E-state index contributed by atoms with van der Waals surface area (Å²) in [6, 6.07) is 8.48. The highest BCUT2D eigenvalue weighted by atomic mass is 16.2. The van der Waals surface area contributed by atoms with Crippen LogP contribution in [0.3, 0.4) is 0 Å². The summed E-state index contributed by atoms with van der Waals surface area (Å²) in [6.45, 7) is 3.78. The van der Waals surface area contributed by atoms with E-state index in [1.165, 1.54) is 18.2 Å². The molecular formula is C23H31N5O3. The van der Waals surface area contributed by atoms with Crippen LogP contribution in [0.2, 0.25) is 0 Å². The van der Waals surface area contributed by atoms with E-state index >= 15 is 0 Å². The molecule has 1 saturated carbocycles. The minimum absolute atomic E-state index is 0.00290. The molecule has 1 aliphatic carbocycles. The molecule has 0 bridgehead atoms. The topological polar surface area (TPSA) is 100 Å². The molecule has 2 fully saturated rings. The van der Waals surface area contributed by atoms with Crippen molar-refractivity contribution in [3.63, 3.8) is 0 Å². The first-order chi connectivity index (χ1) is 14.9. The zero-order valence-electron chi connectivity index (χ0n) is 18.3. The summed E-state index contributed by atoms with van der Waals surface area (Å²) in [4.78, 5) is 41.5. The number of carbonyl (C=O) groups is 2. The number of hydrogen-bond acceptors (Lipinski definition) is 4. The van der Waals surface area contributed by atoms with Gasteiger partial charge in [-0.3, -0.25) is 14.6 Å². The fourth-order valence-corrected chi connectivity index (χ4v) is 4.98. The Morgan fingerprint density at radius 3 is 2.55 bits per heavy atom. The quantitative estimate of drug-likeness (QED) is 0.784. The average molecular weight is 426 g/mol. The highest BCUT2D eigenvalue weighted by molar-refractivity contribution is 5.90. The Hall–Kier alpha value is -2.90. The summed E-state index contributed by atoms with van der Waals surface area (Å²) in [5.41, 5.74) is 2.25. The lowest BCUT2D eigenvalue weighted by Crippen LogP contribution is -2.45. The van der Waals surface area contributed by atoms with Crippen molar-refractivity contribution in [2.45, 2.75) is 57.4 Å². The molecule has 4 rings (SSSR count). The third-order valence-electron chi connectivity index (χ3n) is 6.76. The molecule has 1 aromatic carbocycles. The molecule has 1 aromatic heterocycles. The predicted molar refractivity (Wildman–Crippen MR) is 117 cm³/mol. The second kappa shape index (κ2) is 9.08. The molecule has 8 nitrogen and oxygen atoms in total. The van der Waals surface area contributed by atoms with Crippen LogP contribution in [0.15, 0.2) is 29.1 Å². The number of aromatic nitrogens is 3. The number of likely N-dealkylation sites (tertiary alicyclic amines) is 1. The number of benzene rings is 1. The van der Waals surface area contributed by atoms with Crippen molar-refractivity contribution in [3.8, 4) is 0 Å². The number of nitrogens with one attached hydrogen (secondary N) is 2. The van der Waals surface area contributed by atoms with Gasteiger partial charge in [-0.15, -0.1) is 5.10 Å². The Morgan fingerprint density at radius 2 is 1.87 bits per heavy atom. The van der Waals surface area contributed by atoms with Crippen LogP contribution >= 0.6 is 0 Å². The summed E-state index contributed by atoms with van der Waals surface area (Å²) >= 11 is 0. The van der Waals surface area contributed by atoms with Gasteiger partial charge in [0.25, 0.3) is 5.91 Å². The first-order valence-corrected chi connectivity index (χ1v) is 11.2.